The Morgan fingerprint density at radius 2 is 1.96 bits per heavy atom. The highest BCUT2D eigenvalue weighted by atomic mass is 16.5. The molecule has 0 aromatic heterocycles. The van der Waals surface area contributed by atoms with E-state index in [9.17, 15) is 4.79 Å². The van der Waals surface area contributed by atoms with Crippen molar-refractivity contribution < 1.29 is 9.53 Å². The Kier molecular flexibility index (Phi) is 5.78. The maximum absolute atomic E-state index is 12.1. The van der Waals surface area contributed by atoms with Crippen LogP contribution in [0.4, 0.5) is 0 Å². The molecule has 2 aromatic carbocycles. The number of carbonyl (C=O) groups is 1. The maximum atomic E-state index is 12.1. The molecule has 1 aliphatic rings. The lowest BCUT2D eigenvalue weighted by Crippen LogP contribution is -2.42. The van der Waals surface area contributed by atoms with E-state index in [1.54, 1.807) is 24.3 Å². The second-order valence-corrected chi connectivity index (χ2v) is 6.02. The Balaban J connectivity index is 1.46. The second-order valence-electron chi connectivity index (χ2n) is 6.02. The Morgan fingerprint density at radius 3 is 2.68 bits per heavy atom. The SMILES string of the molecule is N#Cc1ccc(C(=O)NCCN2CCOC(c3ccccc3)C2)cc1. The molecule has 5 heteroatoms. The second kappa shape index (κ2) is 8.43. The van der Waals surface area contributed by atoms with E-state index in [2.05, 4.69) is 22.3 Å². The third-order valence-electron chi connectivity index (χ3n) is 4.31. The van der Waals surface area contributed by atoms with E-state index in [1.165, 1.54) is 5.56 Å². The number of nitrogens with one attached hydrogen (secondary N) is 1. The van der Waals surface area contributed by atoms with Crippen LogP contribution in [0.3, 0.4) is 0 Å². The number of amides is 1. The van der Waals surface area contributed by atoms with Crippen molar-refractivity contribution in [3.63, 3.8) is 0 Å². The van der Waals surface area contributed by atoms with E-state index < -0.39 is 0 Å². The minimum absolute atomic E-state index is 0.0872. The van der Waals surface area contributed by atoms with Gasteiger partial charge < -0.3 is 10.1 Å². The van der Waals surface area contributed by atoms with Crippen molar-refractivity contribution in [2.24, 2.45) is 0 Å². The van der Waals surface area contributed by atoms with Gasteiger partial charge in [0.15, 0.2) is 0 Å². The fourth-order valence-corrected chi connectivity index (χ4v) is 2.90. The van der Waals surface area contributed by atoms with E-state index in [1.807, 2.05) is 24.3 Å². The van der Waals surface area contributed by atoms with Gasteiger partial charge in [0.05, 0.1) is 24.3 Å². The molecule has 1 fully saturated rings. The van der Waals surface area contributed by atoms with Crippen LogP contribution in [-0.4, -0.2) is 43.6 Å². The smallest absolute Gasteiger partial charge is 0.251 e. The summed E-state index contributed by atoms with van der Waals surface area (Å²) in [6, 6.07) is 18.9. The molecule has 25 heavy (non-hydrogen) atoms. The highest BCUT2D eigenvalue weighted by molar-refractivity contribution is 5.94. The highest BCUT2D eigenvalue weighted by Gasteiger charge is 2.21. The molecular formula is C20H21N3O2. The summed E-state index contributed by atoms with van der Waals surface area (Å²) < 4.78 is 5.86. The average molecular weight is 335 g/mol. The van der Waals surface area contributed by atoms with Gasteiger partial charge in [0.25, 0.3) is 5.91 Å². The lowest BCUT2D eigenvalue weighted by Gasteiger charge is -2.33. The summed E-state index contributed by atoms with van der Waals surface area (Å²) in [6.45, 7) is 3.77. The summed E-state index contributed by atoms with van der Waals surface area (Å²) in [5.74, 6) is -0.114. The van der Waals surface area contributed by atoms with Gasteiger partial charge in [0.1, 0.15) is 0 Å². The van der Waals surface area contributed by atoms with Crippen LogP contribution in [0.1, 0.15) is 27.6 Å². The Morgan fingerprint density at radius 1 is 1.20 bits per heavy atom. The molecular weight excluding hydrogens is 314 g/mol. The molecule has 128 valence electrons. The summed E-state index contributed by atoms with van der Waals surface area (Å²) in [6.07, 6.45) is 0.0872. The number of hydrogen-bond donors (Lipinski definition) is 1. The first-order valence-electron chi connectivity index (χ1n) is 8.43. The molecule has 0 spiro atoms. The van der Waals surface area contributed by atoms with Crippen molar-refractivity contribution >= 4 is 5.91 Å². The predicted octanol–water partition coefficient (Wildman–Crippen LogP) is 2.36. The third kappa shape index (κ3) is 4.66. The molecule has 1 atom stereocenters. The Labute approximate surface area is 147 Å². The fraction of sp³-hybridized carbons (Fsp3) is 0.300. The predicted molar refractivity (Wildman–Crippen MR) is 95.1 cm³/mol. The molecule has 3 rings (SSSR count). The van der Waals surface area contributed by atoms with E-state index >= 15 is 0 Å². The molecule has 5 nitrogen and oxygen atoms in total. The molecule has 1 heterocycles. The van der Waals surface area contributed by atoms with Gasteiger partial charge in [-0.25, -0.2) is 0 Å². The zero-order valence-corrected chi connectivity index (χ0v) is 14.0. The van der Waals surface area contributed by atoms with Gasteiger partial charge in [-0.05, 0) is 29.8 Å². The van der Waals surface area contributed by atoms with Gasteiger partial charge in [-0.2, -0.15) is 5.26 Å². The number of nitrogens with zero attached hydrogens (tertiary/aromatic N) is 2. The minimum Gasteiger partial charge on any atom is -0.371 e. The van der Waals surface area contributed by atoms with Crippen LogP contribution in [0.5, 0.6) is 0 Å². The molecule has 1 aliphatic heterocycles. The van der Waals surface area contributed by atoms with Crippen molar-refractivity contribution in [3.05, 3.63) is 71.3 Å². The van der Waals surface area contributed by atoms with Gasteiger partial charge in [-0.1, -0.05) is 30.3 Å². The molecule has 1 N–H and O–H groups in total. The van der Waals surface area contributed by atoms with Crippen molar-refractivity contribution in [1.29, 1.82) is 5.26 Å². The third-order valence-corrected chi connectivity index (χ3v) is 4.31. The lowest BCUT2D eigenvalue weighted by atomic mass is 10.1. The fourth-order valence-electron chi connectivity index (χ4n) is 2.90. The molecule has 1 amide bonds. The van der Waals surface area contributed by atoms with Crippen molar-refractivity contribution in [2.45, 2.75) is 6.10 Å². The zero-order valence-electron chi connectivity index (χ0n) is 14.0. The molecule has 1 unspecified atom stereocenters. The number of ether oxygens (including phenoxy) is 1. The standard InChI is InChI=1S/C20H21N3O2/c21-14-16-6-8-18(9-7-16)20(24)22-10-11-23-12-13-25-19(15-23)17-4-2-1-3-5-17/h1-9,19H,10-13,15H2,(H,22,24). The monoisotopic (exact) mass is 335 g/mol. The molecule has 0 radical (unpaired) electrons. The molecule has 2 aromatic rings. The maximum Gasteiger partial charge on any atom is 0.251 e. The van der Waals surface area contributed by atoms with Crippen LogP contribution in [0, 0.1) is 11.3 Å². The molecule has 0 bridgehead atoms. The van der Waals surface area contributed by atoms with Gasteiger partial charge in [0.2, 0.25) is 0 Å². The van der Waals surface area contributed by atoms with Crippen LogP contribution in [-0.2, 0) is 4.74 Å². The average Bonchev–Trinajstić information content (AvgIpc) is 2.69. The zero-order chi connectivity index (χ0) is 17.5. The number of morpholine rings is 1. The summed E-state index contributed by atoms with van der Waals surface area (Å²) >= 11 is 0. The largest absolute Gasteiger partial charge is 0.371 e. The summed E-state index contributed by atoms with van der Waals surface area (Å²) in [7, 11) is 0. The van der Waals surface area contributed by atoms with Gasteiger partial charge in [-0.3, -0.25) is 9.69 Å². The van der Waals surface area contributed by atoms with Gasteiger partial charge >= 0.3 is 0 Å². The Bertz CT molecular complexity index is 738. The summed E-state index contributed by atoms with van der Waals surface area (Å²) in [4.78, 5) is 14.4. The molecule has 1 saturated heterocycles. The number of hydrogen-bond acceptors (Lipinski definition) is 4. The normalized spacial score (nSPS) is 17.6. The van der Waals surface area contributed by atoms with Gasteiger partial charge in [0, 0.05) is 31.7 Å². The van der Waals surface area contributed by atoms with Crippen LogP contribution in [0.2, 0.25) is 0 Å². The van der Waals surface area contributed by atoms with E-state index in [0.717, 1.165) is 19.6 Å². The van der Waals surface area contributed by atoms with Crippen LogP contribution in [0.15, 0.2) is 54.6 Å². The minimum atomic E-state index is -0.114. The molecule has 0 saturated carbocycles. The van der Waals surface area contributed by atoms with Crippen LogP contribution in [0.25, 0.3) is 0 Å². The van der Waals surface area contributed by atoms with Crippen molar-refractivity contribution in [3.8, 4) is 6.07 Å². The summed E-state index contributed by atoms with van der Waals surface area (Å²) in [5.41, 5.74) is 2.31. The van der Waals surface area contributed by atoms with Crippen molar-refractivity contribution in [2.75, 3.05) is 32.8 Å². The van der Waals surface area contributed by atoms with E-state index in [-0.39, 0.29) is 12.0 Å². The number of nitriles is 1. The van der Waals surface area contributed by atoms with Crippen LogP contribution >= 0.6 is 0 Å². The summed E-state index contributed by atoms with van der Waals surface area (Å²) in [5, 5.41) is 11.7. The number of benzene rings is 2. The highest BCUT2D eigenvalue weighted by Crippen LogP contribution is 2.21. The number of carbonyl (C=O) groups excluding carboxylic acids is 1. The van der Waals surface area contributed by atoms with E-state index in [0.29, 0.717) is 24.3 Å². The Hall–Kier alpha value is -2.68. The van der Waals surface area contributed by atoms with E-state index in [4.69, 9.17) is 10.00 Å². The number of rotatable bonds is 5. The first-order chi connectivity index (χ1) is 12.3. The first-order valence-corrected chi connectivity index (χ1v) is 8.43. The first kappa shape index (κ1) is 17.2. The quantitative estimate of drug-likeness (QED) is 0.911. The molecule has 0 aliphatic carbocycles. The van der Waals surface area contributed by atoms with Gasteiger partial charge in [-0.15, -0.1) is 0 Å². The van der Waals surface area contributed by atoms with Crippen LogP contribution < -0.4 is 5.32 Å². The van der Waals surface area contributed by atoms with Crippen molar-refractivity contribution in [1.82, 2.24) is 10.2 Å². The lowest BCUT2D eigenvalue weighted by molar-refractivity contribution is -0.0293. The topological polar surface area (TPSA) is 65.4 Å².